The summed E-state index contributed by atoms with van der Waals surface area (Å²) in [5.74, 6) is 0.918. The minimum atomic E-state index is 0.272. The zero-order chi connectivity index (χ0) is 11.4. The molecule has 0 amide bonds. The topological polar surface area (TPSA) is 52.1 Å². The molecular formula is C12H10N2O2. The standard InChI is InChI=1S/C12H10N2O2/c1-9-2-4-11(5-3-9)16-12-10(7-15)6-13-8-14-12/h2-8H,1H3. The van der Waals surface area contributed by atoms with Crippen LogP contribution in [-0.4, -0.2) is 16.3 Å². The summed E-state index contributed by atoms with van der Waals surface area (Å²) in [6.07, 6.45) is 3.43. The van der Waals surface area contributed by atoms with Gasteiger partial charge in [0.15, 0.2) is 6.29 Å². The first-order valence-corrected chi connectivity index (χ1v) is 4.79. The summed E-state index contributed by atoms with van der Waals surface area (Å²) in [4.78, 5) is 18.4. The summed E-state index contributed by atoms with van der Waals surface area (Å²) in [5, 5.41) is 0. The van der Waals surface area contributed by atoms with Gasteiger partial charge in [0, 0.05) is 6.20 Å². The molecule has 0 aliphatic carbocycles. The second-order valence-electron chi connectivity index (χ2n) is 3.32. The third-order valence-electron chi connectivity index (χ3n) is 2.06. The lowest BCUT2D eigenvalue weighted by Gasteiger charge is -2.05. The van der Waals surface area contributed by atoms with E-state index in [-0.39, 0.29) is 5.88 Å². The van der Waals surface area contributed by atoms with Crippen molar-refractivity contribution in [1.29, 1.82) is 0 Å². The number of ether oxygens (including phenoxy) is 1. The van der Waals surface area contributed by atoms with E-state index in [9.17, 15) is 4.79 Å². The molecule has 0 aliphatic rings. The lowest BCUT2D eigenvalue weighted by atomic mass is 10.2. The van der Waals surface area contributed by atoms with Crippen molar-refractivity contribution in [2.75, 3.05) is 0 Å². The Bertz CT molecular complexity index is 495. The Morgan fingerprint density at radius 3 is 2.69 bits per heavy atom. The minimum Gasteiger partial charge on any atom is -0.438 e. The van der Waals surface area contributed by atoms with E-state index in [1.165, 1.54) is 12.5 Å². The molecule has 1 aromatic heterocycles. The molecule has 2 aromatic rings. The van der Waals surface area contributed by atoms with Crippen LogP contribution in [0.25, 0.3) is 0 Å². The van der Waals surface area contributed by atoms with Crippen LogP contribution in [0.3, 0.4) is 0 Å². The van der Waals surface area contributed by atoms with E-state index in [0.29, 0.717) is 17.6 Å². The SMILES string of the molecule is Cc1ccc(Oc2ncncc2C=O)cc1. The molecule has 0 radical (unpaired) electrons. The first-order valence-electron chi connectivity index (χ1n) is 4.79. The average Bonchev–Trinajstić information content (AvgIpc) is 2.33. The number of carbonyl (C=O) groups is 1. The van der Waals surface area contributed by atoms with E-state index < -0.39 is 0 Å². The van der Waals surface area contributed by atoms with Gasteiger partial charge in [-0.05, 0) is 19.1 Å². The lowest BCUT2D eigenvalue weighted by Crippen LogP contribution is -1.94. The predicted molar refractivity (Wildman–Crippen MR) is 58.7 cm³/mol. The summed E-state index contributed by atoms with van der Waals surface area (Å²) >= 11 is 0. The number of nitrogens with zero attached hydrogens (tertiary/aromatic N) is 2. The first kappa shape index (κ1) is 10.3. The van der Waals surface area contributed by atoms with Gasteiger partial charge in [-0.3, -0.25) is 4.79 Å². The van der Waals surface area contributed by atoms with Gasteiger partial charge in [-0.2, -0.15) is 0 Å². The van der Waals surface area contributed by atoms with E-state index >= 15 is 0 Å². The van der Waals surface area contributed by atoms with Crippen LogP contribution in [-0.2, 0) is 0 Å². The molecule has 4 nitrogen and oxygen atoms in total. The number of hydrogen-bond donors (Lipinski definition) is 0. The number of hydrogen-bond acceptors (Lipinski definition) is 4. The summed E-state index contributed by atoms with van der Waals surface area (Å²) in [6.45, 7) is 1.99. The second kappa shape index (κ2) is 4.53. The third-order valence-corrected chi connectivity index (χ3v) is 2.06. The zero-order valence-corrected chi connectivity index (χ0v) is 8.75. The first-order chi connectivity index (χ1) is 7.79. The van der Waals surface area contributed by atoms with Crippen molar-refractivity contribution in [3.05, 3.63) is 47.9 Å². The monoisotopic (exact) mass is 214 g/mol. The van der Waals surface area contributed by atoms with Crippen LogP contribution in [0.4, 0.5) is 0 Å². The lowest BCUT2D eigenvalue weighted by molar-refractivity contribution is 0.112. The smallest absolute Gasteiger partial charge is 0.232 e. The van der Waals surface area contributed by atoms with E-state index in [1.54, 1.807) is 0 Å². The molecule has 16 heavy (non-hydrogen) atoms. The number of aryl methyl sites for hydroxylation is 1. The highest BCUT2D eigenvalue weighted by molar-refractivity contribution is 5.77. The molecule has 80 valence electrons. The van der Waals surface area contributed by atoms with Gasteiger partial charge in [0.1, 0.15) is 12.1 Å². The molecule has 2 rings (SSSR count). The van der Waals surface area contributed by atoms with Crippen molar-refractivity contribution in [2.24, 2.45) is 0 Å². The van der Waals surface area contributed by atoms with Crippen molar-refractivity contribution < 1.29 is 9.53 Å². The molecular weight excluding hydrogens is 204 g/mol. The molecule has 0 aliphatic heterocycles. The summed E-state index contributed by atoms with van der Waals surface area (Å²) < 4.78 is 5.47. The summed E-state index contributed by atoms with van der Waals surface area (Å²) in [5.41, 5.74) is 1.48. The maximum atomic E-state index is 10.7. The Labute approximate surface area is 92.9 Å². The molecule has 1 aromatic carbocycles. The van der Waals surface area contributed by atoms with Crippen molar-refractivity contribution in [3.8, 4) is 11.6 Å². The molecule has 0 saturated heterocycles. The minimum absolute atomic E-state index is 0.272. The zero-order valence-electron chi connectivity index (χ0n) is 8.75. The largest absolute Gasteiger partial charge is 0.438 e. The predicted octanol–water partition coefficient (Wildman–Crippen LogP) is 2.39. The normalized spacial score (nSPS) is 9.81. The third kappa shape index (κ3) is 2.23. The quantitative estimate of drug-likeness (QED) is 0.736. The van der Waals surface area contributed by atoms with Crippen molar-refractivity contribution in [1.82, 2.24) is 9.97 Å². The highest BCUT2D eigenvalue weighted by atomic mass is 16.5. The number of benzene rings is 1. The van der Waals surface area contributed by atoms with Crippen LogP contribution in [0.5, 0.6) is 11.6 Å². The van der Waals surface area contributed by atoms with Crippen molar-refractivity contribution in [3.63, 3.8) is 0 Å². The second-order valence-corrected chi connectivity index (χ2v) is 3.32. The van der Waals surface area contributed by atoms with Crippen LogP contribution in [0.15, 0.2) is 36.8 Å². The highest BCUT2D eigenvalue weighted by Gasteiger charge is 2.05. The molecule has 0 saturated carbocycles. The molecule has 1 heterocycles. The van der Waals surface area contributed by atoms with Crippen molar-refractivity contribution >= 4 is 6.29 Å². The van der Waals surface area contributed by atoms with Crippen LogP contribution < -0.4 is 4.74 Å². The van der Waals surface area contributed by atoms with E-state index in [0.717, 1.165) is 5.56 Å². The summed E-state index contributed by atoms with van der Waals surface area (Å²) in [7, 11) is 0. The van der Waals surface area contributed by atoms with Gasteiger partial charge in [0.25, 0.3) is 0 Å². The van der Waals surface area contributed by atoms with Crippen LogP contribution >= 0.6 is 0 Å². The van der Waals surface area contributed by atoms with Gasteiger partial charge >= 0.3 is 0 Å². The van der Waals surface area contributed by atoms with Crippen LogP contribution in [0.1, 0.15) is 15.9 Å². The number of aldehydes is 1. The molecule has 0 N–H and O–H groups in total. The maximum absolute atomic E-state index is 10.7. The fraction of sp³-hybridized carbons (Fsp3) is 0.0833. The molecule has 0 bridgehead atoms. The van der Waals surface area contributed by atoms with Gasteiger partial charge < -0.3 is 4.74 Å². The van der Waals surface area contributed by atoms with Crippen LogP contribution in [0, 0.1) is 6.92 Å². The number of rotatable bonds is 3. The number of carbonyl (C=O) groups excluding carboxylic acids is 1. The van der Waals surface area contributed by atoms with E-state index in [1.807, 2.05) is 31.2 Å². The van der Waals surface area contributed by atoms with Gasteiger partial charge in [0.2, 0.25) is 5.88 Å². The Balaban J connectivity index is 2.26. The van der Waals surface area contributed by atoms with Gasteiger partial charge in [-0.25, -0.2) is 9.97 Å². The van der Waals surface area contributed by atoms with Crippen molar-refractivity contribution in [2.45, 2.75) is 6.92 Å². The molecule has 0 spiro atoms. The van der Waals surface area contributed by atoms with E-state index in [2.05, 4.69) is 9.97 Å². The molecule has 4 heteroatoms. The average molecular weight is 214 g/mol. The Hall–Kier alpha value is -2.23. The van der Waals surface area contributed by atoms with Gasteiger partial charge in [-0.1, -0.05) is 17.7 Å². The fourth-order valence-corrected chi connectivity index (χ4v) is 1.21. The maximum Gasteiger partial charge on any atom is 0.232 e. The van der Waals surface area contributed by atoms with E-state index in [4.69, 9.17) is 4.74 Å². The highest BCUT2D eigenvalue weighted by Crippen LogP contribution is 2.21. The molecule has 0 unspecified atom stereocenters. The van der Waals surface area contributed by atoms with Crippen LogP contribution in [0.2, 0.25) is 0 Å². The van der Waals surface area contributed by atoms with Gasteiger partial charge in [0.05, 0.1) is 5.56 Å². The summed E-state index contributed by atoms with van der Waals surface area (Å²) in [6, 6.07) is 7.51. The Morgan fingerprint density at radius 2 is 2.00 bits per heavy atom. The Kier molecular flexibility index (Phi) is 2.91. The molecule has 0 fully saturated rings. The van der Waals surface area contributed by atoms with Gasteiger partial charge in [-0.15, -0.1) is 0 Å². The number of aromatic nitrogens is 2. The fourth-order valence-electron chi connectivity index (χ4n) is 1.21. The molecule has 0 atom stereocenters. The Morgan fingerprint density at radius 1 is 1.25 bits per heavy atom.